The van der Waals surface area contributed by atoms with Gasteiger partial charge in [-0.2, -0.15) is 0 Å². The number of aryl methyl sites for hydroxylation is 1. The molecule has 0 saturated heterocycles. The van der Waals surface area contributed by atoms with Crippen molar-refractivity contribution < 1.29 is 13.2 Å². The van der Waals surface area contributed by atoms with Crippen molar-refractivity contribution in [3.05, 3.63) is 59.7 Å². The van der Waals surface area contributed by atoms with E-state index >= 15 is 0 Å². The Labute approximate surface area is 155 Å². The van der Waals surface area contributed by atoms with Gasteiger partial charge in [0.25, 0.3) is 0 Å². The molecule has 0 spiro atoms. The molecule has 0 bridgehead atoms. The van der Waals surface area contributed by atoms with Gasteiger partial charge in [0, 0.05) is 25.2 Å². The Morgan fingerprint density at radius 2 is 1.62 bits per heavy atom. The van der Waals surface area contributed by atoms with Crippen LogP contribution in [0.3, 0.4) is 0 Å². The molecule has 1 atom stereocenters. The van der Waals surface area contributed by atoms with Crippen molar-refractivity contribution in [2.45, 2.75) is 24.8 Å². The molecule has 140 valence electrons. The second kappa shape index (κ2) is 8.44. The Morgan fingerprint density at radius 1 is 1.04 bits per heavy atom. The topological polar surface area (TPSA) is 78.5 Å². The first-order chi connectivity index (χ1) is 12.2. The molecule has 0 aliphatic rings. The molecule has 2 aromatic carbocycles. The molecule has 2 N–H and O–H groups in total. The molecule has 6 nitrogen and oxygen atoms in total. The van der Waals surface area contributed by atoms with Gasteiger partial charge in [-0.05, 0) is 50.8 Å². The molecule has 2 rings (SSSR count). The van der Waals surface area contributed by atoms with Crippen molar-refractivity contribution in [2.24, 2.45) is 0 Å². The molecule has 0 aliphatic carbocycles. The number of anilines is 1. The Hall–Kier alpha value is -2.22. The van der Waals surface area contributed by atoms with Crippen LogP contribution in [0, 0.1) is 6.92 Å². The maximum atomic E-state index is 12.6. The van der Waals surface area contributed by atoms with Gasteiger partial charge < -0.3 is 10.2 Å². The average molecular weight is 375 g/mol. The summed E-state index contributed by atoms with van der Waals surface area (Å²) in [7, 11) is 0.196. The summed E-state index contributed by atoms with van der Waals surface area (Å²) in [6.45, 7) is 3.67. The lowest BCUT2D eigenvalue weighted by Gasteiger charge is -2.25. The van der Waals surface area contributed by atoms with Gasteiger partial charge in [-0.15, -0.1) is 0 Å². The maximum absolute atomic E-state index is 12.6. The highest BCUT2D eigenvalue weighted by Gasteiger charge is 2.19. The van der Waals surface area contributed by atoms with Crippen LogP contribution < -0.4 is 10.0 Å². The molecule has 2 aromatic rings. The number of likely N-dealkylation sites (N-methyl/N-ethyl adjacent to an activating group) is 1. The molecule has 0 aromatic heterocycles. The molecule has 7 heteroatoms. The maximum Gasteiger partial charge on any atom is 0.240 e. The fourth-order valence-electron chi connectivity index (χ4n) is 2.58. The molecule has 26 heavy (non-hydrogen) atoms. The number of nitrogens with zero attached hydrogens (tertiary/aromatic N) is 1. The number of hydrogen-bond acceptors (Lipinski definition) is 4. The van der Waals surface area contributed by atoms with Crippen LogP contribution >= 0.6 is 0 Å². The number of hydrogen-bond donors (Lipinski definition) is 2. The van der Waals surface area contributed by atoms with E-state index in [2.05, 4.69) is 10.0 Å². The van der Waals surface area contributed by atoms with Crippen LogP contribution in [0.4, 0.5) is 5.69 Å². The summed E-state index contributed by atoms with van der Waals surface area (Å²) in [5.74, 6) is -0.203. The zero-order valence-electron chi connectivity index (χ0n) is 15.5. The highest BCUT2D eigenvalue weighted by molar-refractivity contribution is 7.89. The monoisotopic (exact) mass is 375 g/mol. The van der Waals surface area contributed by atoms with Gasteiger partial charge >= 0.3 is 0 Å². The molecule has 0 unspecified atom stereocenters. The molecular formula is C19H25N3O3S. The average Bonchev–Trinajstić information content (AvgIpc) is 2.56. The summed E-state index contributed by atoms with van der Waals surface area (Å²) in [5, 5.41) is 2.61. The van der Waals surface area contributed by atoms with Gasteiger partial charge in [0.15, 0.2) is 0 Å². The minimum absolute atomic E-state index is 0.0796. The van der Waals surface area contributed by atoms with Crippen LogP contribution in [0.15, 0.2) is 53.4 Å². The van der Waals surface area contributed by atoms with Crippen LogP contribution in [-0.4, -0.2) is 39.9 Å². The van der Waals surface area contributed by atoms with E-state index in [1.54, 1.807) is 12.1 Å². The Kier molecular flexibility index (Phi) is 6.52. The van der Waals surface area contributed by atoms with Gasteiger partial charge in [-0.25, -0.2) is 13.1 Å². The second-order valence-corrected chi connectivity index (χ2v) is 8.21. The summed E-state index contributed by atoms with van der Waals surface area (Å²) in [5.41, 5.74) is 2.76. The minimum Gasteiger partial charge on any atom is -0.326 e. The number of benzene rings is 2. The Bertz CT molecular complexity index is 845. The molecule has 0 fully saturated rings. The lowest BCUT2D eigenvalue weighted by molar-refractivity contribution is -0.114. The fraction of sp³-hybridized carbons (Fsp3) is 0.316. The van der Waals surface area contributed by atoms with Crippen molar-refractivity contribution >= 4 is 21.6 Å². The molecule has 0 saturated carbocycles. The predicted molar refractivity (Wildman–Crippen MR) is 104 cm³/mol. The van der Waals surface area contributed by atoms with Gasteiger partial charge in [0.1, 0.15) is 0 Å². The number of amides is 1. The Morgan fingerprint density at radius 3 is 2.12 bits per heavy atom. The van der Waals surface area contributed by atoms with E-state index in [9.17, 15) is 13.2 Å². The van der Waals surface area contributed by atoms with Gasteiger partial charge in [-0.1, -0.05) is 29.8 Å². The summed E-state index contributed by atoms with van der Waals surface area (Å²) in [4.78, 5) is 13.2. The molecule has 0 aliphatic heterocycles. The summed E-state index contributed by atoms with van der Waals surface area (Å²) in [6, 6.07) is 14.1. The lowest BCUT2D eigenvalue weighted by Crippen LogP contribution is -2.34. The van der Waals surface area contributed by atoms with Crippen LogP contribution in [0.5, 0.6) is 0 Å². The van der Waals surface area contributed by atoms with E-state index in [4.69, 9.17) is 0 Å². The third-order valence-electron chi connectivity index (χ3n) is 4.04. The zero-order chi connectivity index (χ0) is 19.3. The van der Waals surface area contributed by atoms with Crippen LogP contribution in [-0.2, 0) is 14.8 Å². The predicted octanol–water partition coefficient (Wildman–Crippen LogP) is 2.53. The molecule has 0 heterocycles. The summed E-state index contributed by atoms with van der Waals surface area (Å²) >= 11 is 0. The normalized spacial score (nSPS) is 12.8. The second-order valence-electron chi connectivity index (χ2n) is 6.45. The standard InChI is InChI=1S/C19H25N3O3S/c1-14-5-7-16(8-6-14)19(22(3)4)13-20-26(24,25)18-11-9-17(10-12-18)21-15(2)23/h5-12,19-20H,13H2,1-4H3,(H,21,23)/t19-/m0/s1. The SMILES string of the molecule is CC(=O)Nc1ccc(S(=O)(=O)NC[C@@H](c2ccc(C)cc2)N(C)C)cc1. The first-order valence-electron chi connectivity index (χ1n) is 8.29. The number of sulfonamides is 1. The smallest absolute Gasteiger partial charge is 0.240 e. The van der Waals surface area contributed by atoms with Crippen molar-refractivity contribution in [2.75, 3.05) is 26.0 Å². The van der Waals surface area contributed by atoms with E-state index in [0.29, 0.717) is 5.69 Å². The van der Waals surface area contributed by atoms with Gasteiger partial charge in [0.2, 0.25) is 15.9 Å². The highest BCUT2D eigenvalue weighted by atomic mass is 32.2. The van der Waals surface area contributed by atoms with E-state index in [1.165, 1.54) is 19.1 Å². The van der Waals surface area contributed by atoms with Crippen LogP contribution in [0.1, 0.15) is 24.1 Å². The number of rotatable bonds is 7. The van der Waals surface area contributed by atoms with E-state index in [-0.39, 0.29) is 23.4 Å². The molecular weight excluding hydrogens is 350 g/mol. The molecule has 0 radical (unpaired) electrons. The third kappa shape index (κ3) is 5.39. The third-order valence-corrected chi connectivity index (χ3v) is 5.48. The number of nitrogens with one attached hydrogen (secondary N) is 2. The van der Waals surface area contributed by atoms with Crippen molar-refractivity contribution in [1.29, 1.82) is 0 Å². The summed E-state index contributed by atoms with van der Waals surface area (Å²) in [6.07, 6.45) is 0. The highest BCUT2D eigenvalue weighted by Crippen LogP contribution is 2.20. The van der Waals surface area contributed by atoms with Crippen molar-refractivity contribution in [1.82, 2.24) is 9.62 Å². The van der Waals surface area contributed by atoms with E-state index < -0.39 is 10.0 Å². The van der Waals surface area contributed by atoms with Crippen molar-refractivity contribution in [3.8, 4) is 0 Å². The first-order valence-corrected chi connectivity index (χ1v) is 9.77. The van der Waals surface area contributed by atoms with E-state index in [1.807, 2.05) is 50.2 Å². The summed E-state index contributed by atoms with van der Waals surface area (Å²) < 4.78 is 27.8. The number of carbonyl (C=O) groups is 1. The van der Waals surface area contributed by atoms with Gasteiger partial charge in [0.05, 0.1) is 4.90 Å². The van der Waals surface area contributed by atoms with E-state index in [0.717, 1.165) is 11.1 Å². The molecule has 1 amide bonds. The largest absolute Gasteiger partial charge is 0.326 e. The fourth-order valence-corrected chi connectivity index (χ4v) is 3.62. The van der Waals surface area contributed by atoms with Gasteiger partial charge in [-0.3, -0.25) is 4.79 Å². The van der Waals surface area contributed by atoms with Crippen LogP contribution in [0.2, 0.25) is 0 Å². The van der Waals surface area contributed by atoms with Crippen molar-refractivity contribution in [3.63, 3.8) is 0 Å². The lowest BCUT2D eigenvalue weighted by atomic mass is 10.0. The van der Waals surface area contributed by atoms with Crippen LogP contribution in [0.25, 0.3) is 0 Å². The number of carbonyl (C=O) groups excluding carboxylic acids is 1. The Balaban J connectivity index is 2.12. The first kappa shape index (κ1) is 20.1. The minimum atomic E-state index is -3.64. The quantitative estimate of drug-likeness (QED) is 0.779. The zero-order valence-corrected chi connectivity index (χ0v) is 16.3.